The van der Waals surface area contributed by atoms with Gasteiger partial charge in [0.25, 0.3) is 5.91 Å². The molecule has 0 radical (unpaired) electrons. The Balaban J connectivity index is 1.66. The molecule has 1 aliphatic heterocycles. The van der Waals surface area contributed by atoms with Gasteiger partial charge in [0.2, 0.25) is 12.2 Å². The smallest absolute Gasteiger partial charge is 0.253 e. The summed E-state index contributed by atoms with van der Waals surface area (Å²) in [7, 11) is 1.80. The first-order chi connectivity index (χ1) is 10.2. The lowest BCUT2D eigenvalue weighted by atomic mass is 10.1. The van der Waals surface area contributed by atoms with E-state index >= 15 is 0 Å². The summed E-state index contributed by atoms with van der Waals surface area (Å²) >= 11 is 0. The minimum absolute atomic E-state index is 0.00911. The summed E-state index contributed by atoms with van der Waals surface area (Å²) in [6.07, 6.45) is 3.54. The highest BCUT2D eigenvalue weighted by Gasteiger charge is 2.20. The van der Waals surface area contributed by atoms with Crippen molar-refractivity contribution in [3.8, 4) is 11.4 Å². The van der Waals surface area contributed by atoms with Crippen LogP contribution < -0.4 is 0 Å². The maximum Gasteiger partial charge on any atom is 0.253 e. The van der Waals surface area contributed by atoms with E-state index in [1.807, 2.05) is 12.1 Å². The Morgan fingerprint density at radius 1 is 1.38 bits per heavy atom. The molecule has 2 aromatic rings. The Morgan fingerprint density at radius 2 is 2.19 bits per heavy atom. The number of aromatic nitrogens is 2. The van der Waals surface area contributed by atoms with Crippen molar-refractivity contribution in [2.24, 2.45) is 0 Å². The fourth-order valence-corrected chi connectivity index (χ4v) is 2.46. The van der Waals surface area contributed by atoms with Crippen molar-refractivity contribution in [2.75, 3.05) is 20.2 Å². The number of carbonyl (C=O) groups is 1. The largest absolute Gasteiger partial charge is 0.376 e. The van der Waals surface area contributed by atoms with E-state index in [1.54, 1.807) is 24.1 Å². The van der Waals surface area contributed by atoms with E-state index in [2.05, 4.69) is 10.1 Å². The molecular weight excluding hydrogens is 270 g/mol. The van der Waals surface area contributed by atoms with Gasteiger partial charge >= 0.3 is 0 Å². The third-order valence-corrected chi connectivity index (χ3v) is 3.60. The van der Waals surface area contributed by atoms with Crippen molar-refractivity contribution >= 4 is 5.91 Å². The quantitative estimate of drug-likeness (QED) is 0.860. The van der Waals surface area contributed by atoms with Gasteiger partial charge in [-0.25, -0.2) is 0 Å². The molecule has 110 valence electrons. The summed E-state index contributed by atoms with van der Waals surface area (Å²) in [4.78, 5) is 18.0. The minimum atomic E-state index is -0.00911. The standard InChI is InChI=1S/C15H17N3O3/c1-18(9-13-3-2-8-20-13)15(19)12-6-4-11(5-7-12)14-16-10-21-17-14/h4-7,10,13H,2-3,8-9H2,1H3. The molecule has 1 aromatic heterocycles. The van der Waals surface area contributed by atoms with Gasteiger partial charge in [-0.2, -0.15) is 4.98 Å². The van der Waals surface area contributed by atoms with E-state index in [0.29, 0.717) is 17.9 Å². The monoisotopic (exact) mass is 287 g/mol. The minimum Gasteiger partial charge on any atom is -0.376 e. The predicted molar refractivity (Wildman–Crippen MR) is 75.7 cm³/mol. The van der Waals surface area contributed by atoms with Gasteiger partial charge in [0.05, 0.1) is 6.10 Å². The summed E-state index contributed by atoms with van der Waals surface area (Å²) in [5.41, 5.74) is 1.46. The predicted octanol–water partition coefficient (Wildman–Crippen LogP) is 1.99. The Morgan fingerprint density at radius 3 is 2.81 bits per heavy atom. The molecule has 21 heavy (non-hydrogen) atoms. The normalized spacial score (nSPS) is 17.9. The van der Waals surface area contributed by atoms with Crippen LogP contribution >= 0.6 is 0 Å². The number of benzene rings is 1. The lowest BCUT2D eigenvalue weighted by Crippen LogP contribution is -2.34. The van der Waals surface area contributed by atoms with Crippen LogP contribution in [0.3, 0.4) is 0 Å². The zero-order valence-corrected chi connectivity index (χ0v) is 11.9. The van der Waals surface area contributed by atoms with Crippen LogP contribution in [0.4, 0.5) is 0 Å². The lowest BCUT2D eigenvalue weighted by Gasteiger charge is -2.20. The molecule has 0 spiro atoms. The molecule has 2 heterocycles. The van der Waals surface area contributed by atoms with Gasteiger partial charge in [-0.3, -0.25) is 4.79 Å². The number of rotatable bonds is 4. The first-order valence-corrected chi connectivity index (χ1v) is 6.98. The van der Waals surface area contributed by atoms with Gasteiger partial charge in [-0.1, -0.05) is 17.3 Å². The van der Waals surface area contributed by atoms with E-state index in [1.165, 1.54) is 6.39 Å². The Bertz CT molecular complexity index is 589. The average molecular weight is 287 g/mol. The SMILES string of the molecule is CN(CC1CCCO1)C(=O)c1ccc(-c2ncon2)cc1. The summed E-state index contributed by atoms with van der Waals surface area (Å²) in [5.74, 6) is 0.506. The number of amides is 1. The topological polar surface area (TPSA) is 68.5 Å². The highest BCUT2D eigenvalue weighted by atomic mass is 16.5. The van der Waals surface area contributed by atoms with E-state index < -0.39 is 0 Å². The second-order valence-corrected chi connectivity index (χ2v) is 5.15. The molecule has 1 saturated heterocycles. The van der Waals surface area contributed by atoms with Gasteiger partial charge in [0, 0.05) is 31.3 Å². The van der Waals surface area contributed by atoms with Crippen LogP contribution in [0.25, 0.3) is 11.4 Å². The molecule has 1 atom stereocenters. The van der Waals surface area contributed by atoms with Gasteiger partial charge in [0.1, 0.15) is 0 Å². The van der Waals surface area contributed by atoms with Gasteiger partial charge in [0.15, 0.2) is 0 Å². The molecule has 1 amide bonds. The van der Waals surface area contributed by atoms with Crippen molar-refractivity contribution in [3.63, 3.8) is 0 Å². The summed E-state index contributed by atoms with van der Waals surface area (Å²) in [6, 6.07) is 7.19. The zero-order chi connectivity index (χ0) is 14.7. The third kappa shape index (κ3) is 3.11. The molecule has 0 N–H and O–H groups in total. The molecule has 0 bridgehead atoms. The lowest BCUT2D eigenvalue weighted by molar-refractivity contribution is 0.0587. The van der Waals surface area contributed by atoms with Gasteiger partial charge in [-0.05, 0) is 25.0 Å². The molecule has 6 nitrogen and oxygen atoms in total. The van der Waals surface area contributed by atoms with Gasteiger partial charge in [-0.15, -0.1) is 0 Å². The molecule has 0 saturated carbocycles. The van der Waals surface area contributed by atoms with Crippen molar-refractivity contribution in [2.45, 2.75) is 18.9 Å². The molecule has 6 heteroatoms. The average Bonchev–Trinajstić information content (AvgIpc) is 3.20. The number of nitrogens with zero attached hydrogens (tertiary/aromatic N) is 3. The number of ether oxygens (including phenoxy) is 1. The Hall–Kier alpha value is -2.21. The van der Waals surface area contributed by atoms with Crippen LogP contribution in [0.1, 0.15) is 23.2 Å². The Kier molecular flexibility index (Phi) is 3.96. The van der Waals surface area contributed by atoms with Crippen molar-refractivity contribution in [1.29, 1.82) is 0 Å². The second kappa shape index (κ2) is 6.05. The van der Waals surface area contributed by atoms with Crippen LogP contribution in [0, 0.1) is 0 Å². The Labute approximate surface area is 122 Å². The fourth-order valence-electron chi connectivity index (χ4n) is 2.46. The summed E-state index contributed by atoms with van der Waals surface area (Å²) < 4.78 is 10.3. The van der Waals surface area contributed by atoms with Crippen LogP contribution in [0.5, 0.6) is 0 Å². The van der Waals surface area contributed by atoms with Crippen molar-refractivity contribution < 1.29 is 14.1 Å². The number of hydrogen-bond acceptors (Lipinski definition) is 5. The van der Waals surface area contributed by atoms with Crippen LogP contribution in [0.2, 0.25) is 0 Å². The number of likely N-dealkylation sites (N-methyl/N-ethyl adjacent to an activating group) is 1. The maximum atomic E-state index is 12.4. The highest BCUT2D eigenvalue weighted by Crippen LogP contribution is 2.17. The van der Waals surface area contributed by atoms with Crippen LogP contribution in [-0.2, 0) is 4.74 Å². The number of hydrogen-bond donors (Lipinski definition) is 0. The van der Waals surface area contributed by atoms with E-state index in [4.69, 9.17) is 9.26 Å². The number of carbonyl (C=O) groups excluding carboxylic acids is 1. The first-order valence-electron chi connectivity index (χ1n) is 6.98. The van der Waals surface area contributed by atoms with E-state index in [-0.39, 0.29) is 12.0 Å². The highest BCUT2D eigenvalue weighted by molar-refractivity contribution is 5.94. The van der Waals surface area contributed by atoms with Crippen molar-refractivity contribution in [3.05, 3.63) is 36.2 Å². The van der Waals surface area contributed by atoms with Crippen LogP contribution in [0.15, 0.2) is 35.2 Å². The fraction of sp³-hybridized carbons (Fsp3) is 0.400. The molecular formula is C15H17N3O3. The van der Waals surface area contributed by atoms with Gasteiger partial charge < -0.3 is 14.2 Å². The summed E-state index contributed by atoms with van der Waals surface area (Å²) in [5, 5.41) is 3.77. The van der Waals surface area contributed by atoms with Crippen molar-refractivity contribution in [1.82, 2.24) is 15.0 Å². The molecule has 3 rings (SSSR count). The molecule has 0 aliphatic carbocycles. The van der Waals surface area contributed by atoms with E-state index in [9.17, 15) is 4.79 Å². The molecule has 1 unspecified atom stereocenters. The maximum absolute atomic E-state index is 12.4. The summed E-state index contributed by atoms with van der Waals surface area (Å²) in [6.45, 7) is 1.43. The second-order valence-electron chi connectivity index (χ2n) is 5.15. The molecule has 1 fully saturated rings. The molecule has 1 aromatic carbocycles. The first kappa shape index (κ1) is 13.8. The van der Waals surface area contributed by atoms with Crippen LogP contribution in [-0.4, -0.2) is 47.3 Å². The third-order valence-electron chi connectivity index (χ3n) is 3.60. The molecule has 1 aliphatic rings. The zero-order valence-electron chi connectivity index (χ0n) is 11.9. The van der Waals surface area contributed by atoms with E-state index in [0.717, 1.165) is 25.0 Å².